The minimum atomic E-state index is -2.16. The minimum absolute atomic E-state index is 0.214. The normalized spacial score (nSPS) is 23.5. The van der Waals surface area contributed by atoms with Gasteiger partial charge in [-0.1, -0.05) is 0 Å². The fourth-order valence-electron chi connectivity index (χ4n) is 1.69. The molecule has 0 bridgehead atoms. The van der Waals surface area contributed by atoms with Crippen molar-refractivity contribution >= 4 is 13.5 Å². The van der Waals surface area contributed by atoms with Crippen LogP contribution in [0.3, 0.4) is 0 Å². The van der Waals surface area contributed by atoms with Gasteiger partial charge in [0, 0.05) is 0 Å². The molecule has 4 heteroatoms. The van der Waals surface area contributed by atoms with Gasteiger partial charge in [0.05, 0.1) is 0 Å². The van der Waals surface area contributed by atoms with Gasteiger partial charge in [-0.3, -0.25) is 0 Å². The van der Waals surface area contributed by atoms with Crippen LogP contribution in [0.5, 0.6) is 0 Å². The number of rotatable bonds is 3. The summed E-state index contributed by atoms with van der Waals surface area (Å²) in [5.41, 5.74) is 0. The molecule has 0 saturated carbocycles. The van der Waals surface area contributed by atoms with E-state index in [-0.39, 0.29) is 5.97 Å². The molecule has 1 aliphatic heterocycles. The molecule has 0 spiro atoms. The van der Waals surface area contributed by atoms with E-state index in [4.69, 9.17) is 4.74 Å². The van der Waals surface area contributed by atoms with Crippen LogP contribution < -0.4 is 0 Å². The van der Waals surface area contributed by atoms with Crippen molar-refractivity contribution in [1.82, 2.24) is 0 Å². The summed E-state index contributed by atoms with van der Waals surface area (Å²) in [6.45, 7) is 2.21. The first kappa shape index (κ1) is 9.94. The van der Waals surface area contributed by atoms with Crippen molar-refractivity contribution < 1.29 is 14.4 Å². The second-order valence-corrected chi connectivity index (χ2v) is 7.22. The summed E-state index contributed by atoms with van der Waals surface area (Å²) in [6, 6.07) is 0. The molecule has 1 saturated heterocycles. The van der Waals surface area contributed by atoms with Crippen molar-refractivity contribution in [2.24, 2.45) is 0 Å². The van der Waals surface area contributed by atoms with Crippen molar-refractivity contribution in [1.29, 1.82) is 0 Å². The fourth-order valence-corrected chi connectivity index (χ4v) is 4.75. The van der Waals surface area contributed by atoms with Crippen molar-refractivity contribution in [3.05, 3.63) is 0 Å². The van der Waals surface area contributed by atoms with Gasteiger partial charge in [-0.15, -0.1) is 0 Å². The molecule has 0 unspecified atom stereocenters. The summed E-state index contributed by atoms with van der Waals surface area (Å²) in [4.78, 5) is 21.0. The van der Waals surface area contributed by atoms with Crippen molar-refractivity contribution in [2.45, 2.75) is 19.8 Å². The number of carbonyl (C=O) groups is 1. The molecule has 1 heterocycles. The molecule has 12 heavy (non-hydrogen) atoms. The van der Waals surface area contributed by atoms with E-state index in [1.165, 1.54) is 0 Å². The Kier molecular flexibility index (Phi) is 3.48. The maximum absolute atomic E-state index is 11.1. The Hall–Kier alpha value is -0.140. The Morgan fingerprint density at radius 2 is 2.08 bits per heavy atom. The molecule has 72 valence electrons. The van der Waals surface area contributed by atoms with Crippen LogP contribution in [0.1, 0.15) is 19.8 Å². The Labute approximate surface area is 73.5 Å². The van der Waals surface area contributed by atoms with Crippen molar-refractivity contribution in [3.63, 3.8) is 0 Å². The van der Waals surface area contributed by atoms with E-state index in [2.05, 4.69) is 0 Å². The molecule has 0 atom stereocenters. The summed E-state index contributed by atoms with van der Waals surface area (Å²) in [5, 5.41) is 0. The molecule has 3 nitrogen and oxygen atoms in total. The Morgan fingerprint density at radius 1 is 1.50 bits per heavy atom. The zero-order valence-corrected chi connectivity index (χ0v) is 8.51. The number of ether oxygens (including phenoxy) is 1. The van der Waals surface area contributed by atoms with Gasteiger partial charge < -0.3 is 0 Å². The van der Waals surface area contributed by atoms with Crippen molar-refractivity contribution in [3.8, 4) is 0 Å². The van der Waals surface area contributed by atoms with E-state index in [0.29, 0.717) is 12.8 Å². The Bertz CT molecular complexity index is 164. The standard InChI is InChI=1S/C8H17O3P/c1-2-11-8(9)7-12(10)5-3-4-6-12/h10,12H,2-7H2,1H3. The molecule has 0 aromatic rings. The van der Waals surface area contributed by atoms with Gasteiger partial charge in [-0.05, 0) is 0 Å². The van der Waals surface area contributed by atoms with Gasteiger partial charge in [-0.25, -0.2) is 0 Å². The van der Waals surface area contributed by atoms with Crippen LogP contribution in [0.25, 0.3) is 0 Å². The molecule has 0 radical (unpaired) electrons. The molecule has 1 aliphatic rings. The van der Waals surface area contributed by atoms with E-state index < -0.39 is 7.49 Å². The summed E-state index contributed by atoms with van der Waals surface area (Å²) in [5.74, 6) is -0.214. The van der Waals surface area contributed by atoms with Gasteiger partial charge in [0.15, 0.2) is 0 Å². The Balaban J connectivity index is 2.33. The third kappa shape index (κ3) is 2.72. The number of carbonyl (C=O) groups excluding carboxylic acids is 1. The molecule has 0 aliphatic carbocycles. The van der Waals surface area contributed by atoms with Crippen LogP contribution in [-0.2, 0) is 9.53 Å². The van der Waals surface area contributed by atoms with Gasteiger partial charge in [0.25, 0.3) is 0 Å². The summed E-state index contributed by atoms with van der Waals surface area (Å²) >= 11 is 0. The predicted molar refractivity (Wildman–Crippen MR) is 51.0 cm³/mol. The van der Waals surface area contributed by atoms with E-state index in [1.807, 2.05) is 0 Å². The third-order valence-corrected chi connectivity index (χ3v) is 5.83. The quantitative estimate of drug-likeness (QED) is 0.536. The average Bonchev–Trinajstić information content (AvgIpc) is 2.36. The number of esters is 1. The summed E-state index contributed by atoms with van der Waals surface area (Å²) in [7, 11) is -2.16. The monoisotopic (exact) mass is 192 g/mol. The second kappa shape index (κ2) is 4.20. The average molecular weight is 192 g/mol. The zero-order valence-electron chi connectivity index (χ0n) is 7.51. The van der Waals surface area contributed by atoms with Crippen LogP contribution in [0, 0.1) is 0 Å². The first-order chi connectivity index (χ1) is 5.66. The van der Waals surface area contributed by atoms with Gasteiger partial charge in [0.2, 0.25) is 0 Å². The van der Waals surface area contributed by atoms with Crippen LogP contribution in [-0.4, -0.2) is 36.0 Å². The molecule has 1 rings (SSSR count). The first-order valence-corrected chi connectivity index (χ1v) is 7.11. The molecular formula is C8H17O3P. The number of hydrogen-bond donors (Lipinski definition) is 1. The van der Waals surface area contributed by atoms with E-state index in [0.717, 1.165) is 25.2 Å². The molecule has 1 fully saturated rings. The second-order valence-electron chi connectivity index (χ2n) is 3.41. The van der Waals surface area contributed by atoms with Gasteiger partial charge in [0.1, 0.15) is 0 Å². The van der Waals surface area contributed by atoms with Crippen LogP contribution >= 0.6 is 7.49 Å². The number of hydrogen-bond acceptors (Lipinski definition) is 3. The first-order valence-electron chi connectivity index (χ1n) is 4.54. The molecule has 1 N–H and O–H groups in total. The fraction of sp³-hybridized carbons (Fsp3) is 0.875. The van der Waals surface area contributed by atoms with Gasteiger partial charge in [-0.2, -0.15) is 0 Å². The third-order valence-electron chi connectivity index (χ3n) is 2.31. The molecular weight excluding hydrogens is 175 g/mol. The maximum atomic E-state index is 11.1. The van der Waals surface area contributed by atoms with Gasteiger partial charge >= 0.3 is 72.7 Å². The summed E-state index contributed by atoms with van der Waals surface area (Å²) < 4.78 is 4.80. The van der Waals surface area contributed by atoms with E-state index >= 15 is 0 Å². The predicted octanol–water partition coefficient (Wildman–Crippen LogP) is 1.00. The molecule has 0 aromatic heterocycles. The Morgan fingerprint density at radius 3 is 2.58 bits per heavy atom. The van der Waals surface area contributed by atoms with Crippen LogP contribution in [0.2, 0.25) is 0 Å². The molecule has 0 aromatic carbocycles. The SMILES string of the molecule is CCOC(=O)C[PH]1(O)CCCC1. The van der Waals surface area contributed by atoms with E-state index in [1.54, 1.807) is 6.92 Å². The topological polar surface area (TPSA) is 46.5 Å². The van der Waals surface area contributed by atoms with Crippen molar-refractivity contribution in [2.75, 3.05) is 25.1 Å². The summed E-state index contributed by atoms with van der Waals surface area (Å²) in [6.07, 6.45) is 4.24. The van der Waals surface area contributed by atoms with Crippen LogP contribution in [0.15, 0.2) is 0 Å². The van der Waals surface area contributed by atoms with E-state index in [9.17, 15) is 9.69 Å². The zero-order chi connectivity index (χ0) is 9.03. The molecule has 0 amide bonds. The van der Waals surface area contributed by atoms with Crippen LogP contribution in [0.4, 0.5) is 0 Å².